The fraction of sp³-hybridized carbons (Fsp3) is 0.233. The Morgan fingerprint density at radius 3 is 2.38 bits per heavy atom. The van der Waals surface area contributed by atoms with E-state index in [0.29, 0.717) is 24.2 Å². The minimum absolute atomic E-state index is 0.0250. The normalized spacial score (nSPS) is 13.5. The molecule has 8 nitrogen and oxygen atoms in total. The number of hydrogen-bond donors (Lipinski definition) is 4. The van der Waals surface area contributed by atoms with Crippen molar-refractivity contribution in [3.8, 4) is 0 Å². The number of aryl methyl sites for hydroxylation is 1. The SMILES string of the molecule is CNCCCN(C(C)=O)c1ccc(NC(=C2C(=O)Nc3cc(Br)ccc32)c2ccc(CCC(=O)O)cc2)cc1. The van der Waals surface area contributed by atoms with Crippen LogP contribution in [0.15, 0.2) is 71.2 Å². The molecule has 4 rings (SSSR count). The van der Waals surface area contributed by atoms with Crippen LogP contribution >= 0.6 is 15.9 Å². The van der Waals surface area contributed by atoms with E-state index in [0.717, 1.165) is 51.2 Å². The number of fused-ring (bicyclic) bond motifs is 1. The van der Waals surface area contributed by atoms with Crippen LogP contribution in [0.25, 0.3) is 11.3 Å². The van der Waals surface area contributed by atoms with Crippen molar-refractivity contribution in [2.75, 3.05) is 35.7 Å². The average Bonchev–Trinajstić information content (AvgIpc) is 3.23. The summed E-state index contributed by atoms with van der Waals surface area (Å²) in [4.78, 5) is 38.2. The van der Waals surface area contributed by atoms with E-state index in [9.17, 15) is 14.4 Å². The van der Waals surface area contributed by atoms with Crippen LogP contribution < -0.4 is 20.9 Å². The Kier molecular flexibility index (Phi) is 9.16. The van der Waals surface area contributed by atoms with Crippen LogP contribution in [0.1, 0.15) is 36.5 Å². The number of anilines is 3. The number of hydrogen-bond acceptors (Lipinski definition) is 5. The summed E-state index contributed by atoms with van der Waals surface area (Å²) in [6, 6.07) is 20.8. The lowest BCUT2D eigenvalue weighted by Crippen LogP contribution is -2.31. The first-order chi connectivity index (χ1) is 18.8. The molecule has 0 fully saturated rings. The Morgan fingerprint density at radius 1 is 1.03 bits per heavy atom. The summed E-state index contributed by atoms with van der Waals surface area (Å²) < 4.78 is 0.862. The van der Waals surface area contributed by atoms with Crippen molar-refractivity contribution in [1.82, 2.24) is 5.32 Å². The van der Waals surface area contributed by atoms with Crippen LogP contribution in [0, 0.1) is 0 Å². The highest BCUT2D eigenvalue weighted by atomic mass is 79.9. The van der Waals surface area contributed by atoms with Gasteiger partial charge in [0.1, 0.15) is 0 Å². The lowest BCUT2D eigenvalue weighted by atomic mass is 9.98. The smallest absolute Gasteiger partial charge is 0.303 e. The summed E-state index contributed by atoms with van der Waals surface area (Å²) in [6.07, 6.45) is 1.31. The molecule has 0 spiro atoms. The molecule has 3 aromatic carbocycles. The van der Waals surface area contributed by atoms with E-state index < -0.39 is 5.97 Å². The molecule has 0 saturated heterocycles. The van der Waals surface area contributed by atoms with Crippen molar-refractivity contribution >= 4 is 62.0 Å². The minimum Gasteiger partial charge on any atom is -0.481 e. The van der Waals surface area contributed by atoms with E-state index in [2.05, 4.69) is 31.9 Å². The molecule has 0 unspecified atom stereocenters. The molecular formula is C30H31BrN4O4. The van der Waals surface area contributed by atoms with Crippen molar-refractivity contribution in [2.45, 2.75) is 26.2 Å². The van der Waals surface area contributed by atoms with Gasteiger partial charge in [0.2, 0.25) is 5.91 Å². The molecule has 39 heavy (non-hydrogen) atoms. The van der Waals surface area contributed by atoms with Crippen molar-refractivity contribution in [3.63, 3.8) is 0 Å². The second kappa shape index (κ2) is 12.7. The number of carbonyl (C=O) groups is 3. The third-order valence-electron chi connectivity index (χ3n) is 6.48. The fourth-order valence-electron chi connectivity index (χ4n) is 4.51. The van der Waals surface area contributed by atoms with Gasteiger partial charge in [-0.25, -0.2) is 0 Å². The zero-order valence-electron chi connectivity index (χ0n) is 21.9. The topological polar surface area (TPSA) is 111 Å². The number of benzene rings is 3. The average molecular weight is 592 g/mol. The Balaban J connectivity index is 1.69. The minimum atomic E-state index is -0.845. The predicted molar refractivity (Wildman–Crippen MR) is 159 cm³/mol. The number of carbonyl (C=O) groups excluding carboxylic acids is 2. The second-order valence-corrected chi connectivity index (χ2v) is 10.2. The van der Waals surface area contributed by atoms with E-state index in [1.165, 1.54) is 0 Å². The molecule has 0 atom stereocenters. The van der Waals surface area contributed by atoms with Gasteiger partial charge in [0.05, 0.1) is 17.0 Å². The Morgan fingerprint density at radius 2 is 1.74 bits per heavy atom. The highest BCUT2D eigenvalue weighted by Gasteiger charge is 2.28. The van der Waals surface area contributed by atoms with Gasteiger partial charge in [0, 0.05) is 41.3 Å². The predicted octanol–water partition coefficient (Wildman–Crippen LogP) is 5.36. The first kappa shape index (κ1) is 28.1. The van der Waals surface area contributed by atoms with Gasteiger partial charge < -0.3 is 26.0 Å². The number of halogens is 1. The van der Waals surface area contributed by atoms with Crippen molar-refractivity contribution in [1.29, 1.82) is 0 Å². The molecule has 0 bridgehead atoms. The standard InChI is InChI=1S/C30H31BrN4O4/c1-19(36)35(17-3-16-32-2)24-12-10-23(11-13-24)33-29(21-7-4-20(5-8-21)6-15-27(37)38)28-25-14-9-22(31)18-26(25)34-30(28)39/h4-5,7-14,18,32-33H,3,6,15-17H2,1-2H3,(H,34,39)(H,37,38). The quantitative estimate of drug-likeness (QED) is 0.177. The monoisotopic (exact) mass is 590 g/mol. The molecule has 202 valence electrons. The van der Waals surface area contributed by atoms with Gasteiger partial charge in [0.15, 0.2) is 0 Å². The molecule has 0 aromatic heterocycles. The third-order valence-corrected chi connectivity index (χ3v) is 6.98. The molecule has 9 heteroatoms. The molecule has 1 heterocycles. The van der Waals surface area contributed by atoms with Gasteiger partial charge in [-0.05, 0) is 74.0 Å². The van der Waals surface area contributed by atoms with E-state index in [4.69, 9.17) is 5.11 Å². The lowest BCUT2D eigenvalue weighted by molar-refractivity contribution is -0.137. The number of carboxylic acid groups (broad SMARTS) is 1. The van der Waals surface area contributed by atoms with Gasteiger partial charge >= 0.3 is 5.97 Å². The van der Waals surface area contributed by atoms with E-state index in [1.54, 1.807) is 11.8 Å². The molecule has 0 saturated carbocycles. The van der Waals surface area contributed by atoms with Gasteiger partial charge in [-0.15, -0.1) is 0 Å². The van der Waals surface area contributed by atoms with E-state index >= 15 is 0 Å². The summed E-state index contributed by atoms with van der Waals surface area (Å²) in [7, 11) is 1.89. The zero-order valence-corrected chi connectivity index (χ0v) is 23.5. The highest BCUT2D eigenvalue weighted by molar-refractivity contribution is 9.10. The number of amides is 2. The fourth-order valence-corrected chi connectivity index (χ4v) is 4.87. The lowest BCUT2D eigenvalue weighted by Gasteiger charge is -2.22. The molecule has 1 aliphatic heterocycles. The number of rotatable bonds is 11. The van der Waals surface area contributed by atoms with Crippen LogP contribution in [0.2, 0.25) is 0 Å². The van der Waals surface area contributed by atoms with Crippen LogP contribution in [-0.2, 0) is 20.8 Å². The third kappa shape index (κ3) is 6.93. The van der Waals surface area contributed by atoms with E-state index in [-0.39, 0.29) is 18.2 Å². The van der Waals surface area contributed by atoms with Crippen LogP contribution in [0.3, 0.4) is 0 Å². The van der Waals surface area contributed by atoms with Gasteiger partial charge in [-0.3, -0.25) is 14.4 Å². The molecule has 1 aliphatic rings. The molecular weight excluding hydrogens is 560 g/mol. The summed E-state index contributed by atoms with van der Waals surface area (Å²) in [5.74, 6) is -1.09. The number of nitrogens with one attached hydrogen (secondary N) is 3. The van der Waals surface area contributed by atoms with Crippen molar-refractivity contribution < 1.29 is 19.5 Å². The Hall–Kier alpha value is -3.95. The largest absolute Gasteiger partial charge is 0.481 e. The molecule has 2 amide bonds. The van der Waals surface area contributed by atoms with Crippen LogP contribution in [0.5, 0.6) is 0 Å². The van der Waals surface area contributed by atoms with Crippen molar-refractivity contribution in [3.05, 3.63) is 87.9 Å². The molecule has 0 aliphatic carbocycles. The van der Waals surface area contributed by atoms with Crippen LogP contribution in [-0.4, -0.2) is 43.0 Å². The molecule has 3 aromatic rings. The summed E-state index contributed by atoms with van der Waals surface area (Å²) >= 11 is 3.47. The summed E-state index contributed by atoms with van der Waals surface area (Å²) in [5, 5.41) is 18.5. The van der Waals surface area contributed by atoms with Gasteiger partial charge in [-0.2, -0.15) is 0 Å². The summed E-state index contributed by atoms with van der Waals surface area (Å²) in [6.45, 7) is 2.98. The number of carboxylic acids is 1. The number of nitrogens with zero attached hydrogens (tertiary/aromatic N) is 1. The maximum absolute atomic E-state index is 13.2. The molecule has 4 N–H and O–H groups in total. The van der Waals surface area contributed by atoms with E-state index in [1.807, 2.05) is 73.8 Å². The maximum Gasteiger partial charge on any atom is 0.303 e. The first-order valence-electron chi connectivity index (χ1n) is 12.7. The maximum atomic E-state index is 13.2. The number of aliphatic carboxylic acids is 1. The first-order valence-corrected chi connectivity index (χ1v) is 13.5. The molecule has 0 radical (unpaired) electrons. The van der Waals surface area contributed by atoms with Gasteiger partial charge in [0.25, 0.3) is 5.91 Å². The highest BCUT2D eigenvalue weighted by Crippen LogP contribution is 2.39. The Bertz CT molecular complexity index is 1400. The van der Waals surface area contributed by atoms with Crippen molar-refractivity contribution in [2.24, 2.45) is 0 Å². The van der Waals surface area contributed by atoms with Gasteiger partial charge in [-0.1, -0.05) is 46.3 Å². The summed E-state index contributed by atoms with van der Waals surface area (Å²) in [5.41, 5.74) is 5.89. The zero-order chi connectivity index (χ0) is 27.9. The van der Waals surface area contributed by atoms with Crippen LogP contribution in [0.4, 0.5) is 17.1 Å². The Labute approximate surface area is 236 Å². The second-order valence-electron chi connectivity index (χ2n) is 9.28.